The van der Waals surface area contributed by atoms with Gasteiger partial charge in [-0.05, 0) is 80.8 Å². The second-order valence-electron chi connectivity index (χ2n) is 12.3. The third kappa shape index (κ3) is 4.92. The molecular weight excluding hydrogens is 564 g/mol. The Morgan fingerprint density at radius 2 is 1.68 bits per heavy atom. The molecule has 2 fully saturated rings. The van der Waals surface area contributed by atoms with E-state index in [4.69, 9.17) is 5.73 Å². The number of amides is 1. The van der Waals surface area contributed by atoms with Crippen LogP contribution in [0, 0.1) is 23.7 Å². The minimum Gasteiger partial charge on any atom is -0.507 e. The highest BCUT2D eigenvalue weighted by molar-refractivity contribution is 6.32. The third-order valence-corrected chi connectivity index (χ3v) is 9.79. The van der Waals surface area contributed by atoms with Crippen LogP contribution in [0.1, 0.15) is 36.2 Å². The number of hydrogen-bond donors (Lipinski definition) is 4. The van der Waals surface area contributed by atoms with Crippen LogP contribution in [0.4, 0.5) is 5.69 Å². The van der Waals surface area contributed by atoms with Crippen LogP contribution in [0.15, 0.2) is 36.4 Å². The molecule has 2 aromatic carbocycles. The van der Waals surface area contributed by atoms with Crippen molar-refractivity contribution >= 4 is 34.7 Å². The summed E-state index contributed by atoms with van der Waals surface area (Å²) in [6.45, 7) is 7.90. The van der Waals surface area contributed by atoms with Gasteiger partial charge >= 0.3 is 0 Å². The van der Waals surface area contributed by atoms with Crippen molar-refractivity contribution in [2.45, 2.75) is 38.3 Å². The molecule has 2 saturated carbocycles. The molecule has 234 valence electrons. The number of anilines is 1. The molecule has 1 amide bonds. The molecule has 0 bridgehead atoms. The van der Waals surface area contributed by atoms with Crippen LogP contribution in [-0.2, 0) is 25.6 Å². The second-order valence-corrected chi connectivity index (χ2v) is 12.3. The van der Waals surface area contributed by atoms with Crippen LogP contribution in [0.3, 0.4) is 0 Å². The standard InChI is InChI=1S/C33H40N4O7/c1-5-37(6-2)14-13-35-19-9-7-17(8-10-19)20-11-12-23(38)25-21(20)15-18-16-22-27(36(3)4)29(40)26(32(34)43)31(42)33(22,44)30(41)24(18)28(25)39/h7-12,18,22,24,26-27,35,38,44H,5-6,13-16H2,1-4H3,(H2,34,43)/t18-,22-,24?,26?,27-,33-/m0/s1. The van der Waals surface area contributed by atoms with Gasteiger partial charge < -0.3 is 26.2 Å². The number of benzene rings is 2. The van der Waals surface area contributed by atoms with E-state index in [0.717, 1.165) is 43.0 Å². The molecule has 3 aliphatic rings. The molecule has 0 aromatic heterocycles. The molecule has 3 aliphatic carbocycles. The molecule has 0 spiro atoms. The Labute approximate surface area is 256 Å². The van der Waals surface area contributed by atoms with Crippen molar-refractivity contribution in [2.75, 3.05) is 45.6 Å². The number of aromatic hydroxyl groups is 1. The highest BCUT2D eigenvalue weighted by Gasteiger charge is 2.69. The van der Waals surface area contributed by atoms with Crippen molar-refractivity contribution in [1.82, 2.24) is 9.80 Å². The summed E-state index contributed by atoms with van der Waals surface area (Å²) in [6, 6.07) is 9.76. The first kappa shape index (κ1) is 31.5. The van der Waals surface area contributed by atoms with Crippen molar-refractivity contribution < 1.29 is 34.2 Å². The van der Waals surface area contributed by atoms with E-state index >= 15 is 0 Å². The van der Waals surface area contributed by atoms with Crippen LogP contribution in [0.2, 0.25) is 0 Å². The maximum absolute atomic E-state index is 14.0. The average molecular weight is 605 g/mol. The lowest BCUT2D eigenvalue weighted by atomic mass is 9.52. The fourth-order valence-electron chi connectivity index (χ4n) is 7.54. The van der Waals surface area contributed by atoms with Gasteiger partial charge in [-0.15, -0.1) is 0 Å². The monoisotopic (exact) mass is 604 g/mol. The molecule has 44 heavy (non-hydrogen) atoms. The summed E-state index contributed by atoms with van der Waals surface area (Å²) in [4.78, 5) is 70.6. The van der Waals surface area contributed by atoms with Crippen molar-refractivity contribution in [3.63, 3.8) is 0 Å². The summed E-state index contributed by atoms with van der Waals surface area (Å²) in [5.74, 6) is -10.5. The van der Waals surface area contributed by atoms with Gasteiger partial charge in [0.05, 0.1) is 17.5 Å². The molecule has 0 saturated heterocycles. The molecule has 11 heteroatoms. The van der Waals surface area contributed by atoms with Gasteiger partial charge in [-0.3, -0.25) is 28.9 Å². The highest BCUT2D eigenvalue weighted by atomic mass is 16.3. The maximum Gasteiger partial charge on any atom is 0.235 e. The number of primary amides is 1. The SMILES string of the molecule is CCN(CC)CCNc1ccc(-c2ccc(O)c3c2C[C@H]2C[C@H]4[C@H](N(C)C)C(=O)C(C(N)=O)C(=O)[C@@]4(O)C(=O)C2C3=O)cc1. The molecule has 5 rings (SSSR count). The fourth-order valence-corrected chi connectivity index (χ4v) is 7.54. The number of phenolic OH excluding ortho intramolecular Hbond substituents is 1. The van der Waals surface area contributed by atoms with E-state index in [1.807, 2.05) is 24.3 Å². The molecule has 0 heterocycles. The Kier molecular flexibility index (Phi) is 8.50. The first-order valence-electron chi connectivity index (χ1n) is 15.1. The van der Waals surface area contributed by atoms with Gasteiger partial charge in [-0.2, -0.15) is 0 Å². The van der Waals surface area contributed by atoms with Gasteiger partial charge in [0, 0.05) is 24.7 Å². The third-order valence-electron chi connectivity index (χ3n) is 9.79. The quantitative estimate of drug-likeness (QED) is 0.306. The van der Waals surface area contributed by atoms with Gasteiger partial charge in [-0.1, -0.05) is 32.0 Å². The number of nitrogens with two attached hydrogens (primary N) is 1. The first-order valence-corrected chi connectivity index (χ1v) is 15.1. The minimum absolute atomic E-state index is 0.00832. The van der Waals surface area contributed by atoms with E-state index < -0.39 is 64.4 Å². The molecule has 0 radical (unpaired) electrons. The van der Waals surface area contributed by atoms with E-state index in [-0.39, 0.29) is 24.2 Å². The number of carbonyl (C=O) groups excluding carboxylic acids is 5. The number of rotatable bonds is 9. The number of aliphatic hydroxyl groups is 1. The summed E-state index contributed by atoms with van der Waals surface area (Å²) in [5.41, 5.74) is 5.68. The van der Waals surface area contributed by atoms with Crippen LogP contribution in [-0.4, -0.2) is 101 Å². The molecule has 0 aliphatic heterocycles. The maximum atomic E-state index is 14.0. The van der Waals surface area contributed by atoms with E-state index in [9.17, 15) is 34.2 Å². The molecule has 5 N–H and O–H groups in total. The molecule has 6 atom stereocenters. The van der Waals surface area contributed by atoms with Gasteiger partial charge in [0.2, 0.25) is 5.91 Å². The van der Waals surface area contributed by atoms with E-state index in [0.29, 0.717) is 5.56 Å². The number of carbonyl (C=O) groups is 5. The smallest absolute Gasteiger partial charge is 0.235 e. The predicted molar refractivity (Wildman–Crippen MR) is 163 cm³/mol. The minimum atomic E-state index is -2.74. The Morgan fingerprint density at radius 3 is 2.27 bits per heavy atom. The van der Waals surface area contributed by atoms with Crippen LogP contribution in [0.25, 0.3) is 11.1 Å². The predicted octanol–water partition coefficient (Wildman–Crippen LogP) is 1.29. The lowest BCUT2D eigenvalue weighted by Gasteiger charge is -2.52. The first-order chi connectivity index (χ1) is 20.9. The van der Waals surface area contributed by atoms with Crippen molar-refractivity contribution in [3.05, 3.63) is 47.5 Å². The molecule has 2 unspecified atom stereocenters. The van der Waals surface area contributed by atoms with Crippen molar-refractivity contribution in [3.8, 4) is 16.9 Å². The summed E-state index contributed by atoms with van der Waals surface area (Å²) >= 11 is 0. The highest BCUT2D eigenvalue weighted by Crippen LogP contribution is 2.51. The number of likely N-dealkylation sites (N-methyl/N-ethyl adjacent to an activating group) is 2. The van der Waals surface area contributed by atoms with Gasteiger partial charge in [0.25, 0.3) is 0 Å². The van der Waals surface area contributed by atoms with Gasteiger partial charge in [0.15, 0.2) is 34.7 Å². The number of phenols is 1. The molecule has 2 aromatic rings. The second kappa shape index (κ2) is 11.9. The van der Waals surface area contributed by atoms with Crippen LogP contribution < -0.4 is 11.1 Å². The Hall–Kier alpha value is -3.93. The van der Waals surface area contributed by atoms with E-state index in [2.05, 4.69) is 24.1 Å². The van der Waals surface area contributed by atoms with Gasteiger partial charge in [0.1, 0.15) is 5.75 Å². The van der Waals surface area contributed by atoms with Crippen molar-refractivity contribution in [2.24, 2.45) is 29.4 Å². The number of hydrogen-bond acceptors (Lipinski definition) is 10. The van der Waals surface area contributed by atoms with Crippen molar-refractivity contribution in [1.29, 1.82) is 0 Å². The fraction of sp³-hybridized carbons (Fsp3) is 0.485. The summed E-state index contributed by atoms with van der Waals surface area (Å²) in [6.07, 6.45) is 0.216. The summed E-state index contributed by atoms with van der Waals surface area (Å²) < 4.78 is 0. The number of nitrogens with one attached hydrogen (secondary N) is 1. The topological polar surface area (TPSA) is 170 Å². The van der Waals surface area contributed by atoms with Crippen LogP contribution in [0.5, 0.6) is 5.75 Å². The number of ketones is 4. The zero-order valence-electron chi connectivity index (χ0n) is 25.5. The Balaban J connectivity index is 1.49. The van der Waals surface area contributed by atoms with E-state index in [1.54, 1.807) is 20.2 Å². The lowest BCUT2D eigenvalue weighted by molar-refractivity contribution is -0.181. The molecular formula is C33H40N4O7. The van der Waals surface area contributed by atoms with Gasteiger partial charge in [-0.25, -0.2) is 0 Å². The number of fused-ring (bicyclic) bond motifs is 3. The largest absolute Gasteiger partial charge is 0.507 e. The molecule has 11 nitrogen and oxygen atoms in total. The Bertz CT molecular complexity index is 1520. The van der Waals surface area contributed by atoms with E-state index in [1.165, 1.54) is 11.0 Å². The number of nitrogens with zero attached hydrogens (tertiary/aromatic N) is 2. The normalized spacial score (nSPS) is 28.1. The zero-order valence-corrected chi connectivity index (χ0v) is 25.5. The summed E-state index contributed by atoms with van der Waals surface area (Å²) in [7, 11) is 3.13. The average Bonchev–Trinajstić information content (AvgIpc) is 2.97. The zero-order chi connectivity index (χ0) is 32.1. The lowest BCUT2D eigenvalue weighted by Crippen LogP contribution is -2.74. The summed E-state index contributed by atoms with van der Waals surface area (Å²) in [5, 5.41) is 26.0. The Morgan fingerprint density at radius 1 is 1.02 bits per heavy atom. The number of Topliss-reactive ketones (excluding diaryl/α,β-unsaturated/α-hetero) is 4. The van der Waals surface area contributed by atoms with Crippen LogP contribution >= 0.6 is 0 Å².